The van der Waals surface area contributed by atoms with Gasteiger partial charge in [-0.2, -0.15) is 0 Å². The minimum atomic E-state index is -0.861. The van der Waals surface area contributed by atoms with Crippen molar-refractivity contribution in [2.24, 2.45) is 0 Å². The smallest absolute Gasteiger partial charge is 0.338 e. The van der Waals surface area contributed by atoms with Crippen LogP contribution in [0.1, 0.15) is 22.8 Å². The van der Waals surface area contributed by atoms with Gasteiger partial charge in [0.25, 0.3) is 5.91 Å². The molecule has 2 rings (SSSR count). The second-order valence-corrected chi connectivity index (χ2v) is 5.68. The number of rotatable bonds is 9. The van der Waals surface area contributed by atoms with Gasteiger partial charge in [-0.1, -0.05) is 12.1 Å². The number of ether oxygens (including phenoxy) is 2. The lowest BCUT2D eigenvalue weighted by molar-refractivity contribution is -0.385. The molecule has 0 aliphatic carbocycles. The van der Waals surface area contributed by atoms with Crippen molar-refractivity contribution in [3.8, 4) is 5.75 Å². The highest BCUT2D eigenvalue weighted by molar-refractivity contribution is 5.92. The molecular weight excluding hydrogens is 371 g/mol. The predicted octanol–water partition coefficient (Wildman–Crippen LogP) is 2.65. The van der Waals surface area contributed by atoms with E-state index in [1.54, 1.807) is 19.1 Å². The van der Waals surface area contributed by atoms with E-state index < -0.39 is 23.4 Å². The summed E-state index contributed by atoms with van der Waals surface area (Å²) in [6.45, 7) is 1.68. The van der Waals surface area contributed by atoms with Crippen LogP contribution < -0.4 is 10.1 Å². The maximum absolute atomic E-state index is 12.8. The Labute approximate surface area is 160 Å². The van der Waals surface area contributed by atoms with E-state index in [2.05, 4.69) is 5.32 Å². The third-order valence-electron chi connectivity index (χ3n) is 3.67. The number of hydrogen-bond acceptors (Lipinski definition) is 6. The highest BCUT2D eigenvalue weighted by Gasteiger charge is 2.19. The first-order valence-corrected chi connectivity index (χ1v) is 8.50. The monoisotopic (exact) mass is 390 g/mol. The van der Waals surface area contributed by atoms with Gasteiger partial charge in [0.05, 0.1) is 17.1 Å². The number of halogens is 1. The average molecular weight is 390 g/mol. The molecule has 0 fully saturated rings. The van der Waals surface area contributed by atoms with Crippen LogP contribution >= 0.6 is 0 Å². The highest BCUT2D eigenvalue weighted by atomic mass is 19.1. The van der Waals surface area contributed by atoms with Crippen molar-refractivity contribution < 1.29 is 28.4 Å². The first kappa shape index (κ1) is 20.8. The predicted molar refractivity (Wildman–Crippen MR) is 97.7 cm³/mol. The third-order valence-corrected chi connectivity index (χ3v) is 3.67. The fraction of sp³-hybridized carbons (Fsp3) is 0.263. The van der Waals surface area contributed by atoms with Crippen molar-refractivity contribution in [1.29, 1.82) is 0 Å². The number of esters is 1. The number of benzene rings is 2. The zero-order valence-electron chi connectivity index (χ0n) is 15.1. The molecule has 0 bridgehead atoms. The Morgan fingerprint density at radius 1 is 1.18 bits per heavy atom. The second kappa shape index (κ2) is 10.0. The summed E-state index contributed by atoms with van der Waals surface area (Å²) < 4.78 is 22.8. The van der Waals surface area contributed by atoms with Gasteiger partial charge in [-0.25, -0.2) is 9.18 Å². The average Bonchev–Trinajstić information content (AvgIpc) is 2.68. The number of nitrogens with zero attached hydrogens (tertiary/aromatic N) is 1. The zero-order chi connectivity index (χ0) is 20.5. The van der Waals surface area contributed by atoms with Crippen molar-refractivity contribution in [3.63, 3.8) is 0 Å². The summed E-state index contributed by atoms with van der Waals surface area (Å²) in [7, 11) is 0. The first-order chi connectivity index (χ1) is 13.4. The van der Waals surface area contributed by atoms with E-state index in [1.807, 2.05) is 0 Å². The van der Waals surface area contributed by atoms with Crippen LogP contribution in [0.25, 0.3) is 0 Å². The van der Waals surface area contributed by atoms with Crippen LogP contribution in [0.2, 0.25) is 0 Å². The fourth-order valence-corrected chi connectivity index (χ4v) is 2.33. The molecule has 28 heavy (non-hydrogen) atoms. The Morgan fingerprint density at radius 3 is 2.54 bits per heavy atom. The SMILES string of the molecule is CCOc1ccc(C(=O)OCC(=O)NCCc2ccc(F)cc2)cc1[N+](=O)[O-]. The van der Waals surface area contributed by atoms with E-state index in [-0.39, 0.29) is 36.0 Å². The lowest BCUT2D eigenvalue weighted by Crippen LogP contribution is -2.30. The molecule has 0 saturated heterocycles. The van der Waals surface area contributed by atoms with Crippen molar-refractivity contribution in [1.82, 2.24) is 5.32 Å². The molecule has 0 aliphatic heterocycles. The molecular formula is C19H19FN2O6. The summed E-state index contributed by atoms with van der Waals surface area (Å²) in [5.74, 6) is -1.67. The number of amides is 1. The van der Waals surface area contributed by atoms with Crippen LogP contribution in [0.5, 0.6) is 5.75 Å². The molecule has 1 N–H and O–H groups in total. The van der Waals surface area contributed by atoms with Gasteiger partial charge < -0.3 is 14.8 Å². The van der Waals surface area contributed by atoms with Crippen LogP contribution in [-0.4, -0.2) is 36.6 Å². The molecule has 9 heteroatoms. The molecule has 2 aromatic carbocycles. The molecule has 0 radical (unpaired) electrons. The maximum atomic E-state index is 12.8. The summed E-state index contributed by atoms with van der Waals surface area (Å²) >= 11 is 0. The minimum absolute atomic E-state index is 0.0441. The van der Waals surface area contributed by atoms with Gasteiger partial charge in [0.1, 0.15) is 5.82 Å². The largest absolute Gasteiger partial charge is 0.487 e. The fourth-order valence-electron chi connectivity index (χ4n) is 2.33. The minimum Gasteiger partial charge on any atom is -0.487 e. The van der Waals surface area contributed by atoms with E-state index in [4.69, 9.17) is 9.47 Å². The number of hydrogen-bond donors (Lipinski definition) is 1. The number of nitro benzene ring substituents is 1. The molecule has 148 valence electrons. The number of carbonyl (C=O) groups excluding carboxylic acids is 2. The molecule has 1 amide bonds. The Kier molecular flexibility index (Phi) is 7.44. The standard InChI is InChI=1S/C19H19FN2O6/c1-2-27-17-8-5-14(11-16(17)22(25)26)19(24)28-12-18(23)21-10-9-13-3-6-15(20)7-4-13/h3-8,11H,2,9-10,12H2,1H3,(H,21,23). The summed E-state index contributed by atoms with van der Waals surface area (Å²) in [6.07, 6.45) is 0.491. The maximum Gasteiger partial charge on any atom is 0.338 e. The first-order valence-electron chi connectivity index (χ1n) is 8.50. The van der Waals surface area contributed by atoms with Crippen LogP contribution in [0.4, 0.5) is 10.1 Å². The summed E-state index contributed by atoms with van der Waals surface area (Å²) in [5, 5.41) is 13.6. The molecule has 2 aromatic rings. The van der Waals surface area contributed by atoms with Gasteiger partial charge in [0.15, 0.2) is 12.4 Å². The lowest BCUT2D eigenvalue weighted by atomic mass is 10.1. The quantitative estimate of drug-likeness (QED) is 0.401. The molecule has 8 nitrogen and oxygen atoms in total. The number of carbonyl (C=O) groups is 2. The van der Waals surface area contributed by atoms with Crippen molar-refractivity contribution in [3.05, 3.63) is 69.5 Å². The molecule has 0 unspecified atom stereocenters. The number of nitrogens with one attached hydrogen (secondary N) is 1. The summed E-state index contributed by atoms with van der Waals surface area (Å²) in [4.78, 5) is 34.2. The molecule has 0 saturated carbocycles. The lowest BCUT2D eigenvalue weighted by Gasteiger charge is -2.08. The third kappa shape index (κ3) is 6.04. The normalized spacial score (nSPS) is 10.2. The van der Waals surface area contributed by atoms with Gasteiger partial charge in [0.2, 0.25) is 0 Å². The highest BCUT2D eigenvalue weighted by Crippen LogP contribution is 2.28. The molecule has 0 spiro atoms. The van der Waals surface area contributed by atoms with Gasteiger partial charge in [-0.3, -0.25) is 14.9 Å². The van der Waals surface area contributed by atoms with Crippen LogP contribution in [0, 0.1) is 15.9 Å². The molecule has 0 heterocycles. The zero-order valence-corrected chi connectivity index (χ0v) is 15.1. The van der Waals surface area contributed by atoms with Gasteiger partial charge in [-0.05, 0) is 43.2 Å². The van der Waals surface area contributed by atoms with Crippen LogP contribution in [0.15, 0.2) is 42.5 Å². The molecule has 0 atom stereocenters. The van der Waals surface area contributed by atoms with Crippen LogP contribution in [-0.2, 0) is 16.0 Å². The van der Waals surface area contributed by atoms with Crippen LogP contribution in [0.3, 0.4) is 0 Å². The summed E-state index contributed by atoms with van der Waals surface area (Å²) in [6, 6.07) is 9.55. The van der Waals surface area contributed by atoms with E-state index in [0.717, 1.165) is 11.6 Å². The number of nitro groups is 1. The Morgan fingerprint density at radius 2 is 1.89 bits per heavy atom. The van der Waals surface area contributed by atoms with Crippen molar-refractivity contribution >= 4 is 17.6 Å². The van der Waals surface area contributed by atoms with E-state index in [9.17, 15) is 24.1 Å². The molecule has 0 aromatic heterocycles. The topological polar surface area (TPSA) is 108 Å². The second-order valence-electron chi connectivity index (χ2n) is 5.68. The van der Waals surface area contributed by atoms with E-state index >= 15 is 0 Å². The van der Waals surface area contributed by atoms with Gasteiger partial charge in [-0.15, -0.1) is 0 Å². The van der Waals surface area contributed by atoms with E-state index in [0.29, 0.717) is 6.42 Å². The Balaban J connectivity index is 1.83. The summed E-state index contributed by atoms with van der Waals surface area (Å²) in [5.41, 5.74) is 0.426. The van der Waals surface area contributed by atoms with Gasteiger partial charge >= 0.3 is 11.7 Å². The van der Waals surface area contributed by atoms with Crippen molar-refractivity contribution in [2.75, 3.05) is 19.8 Å². The van der Waals surface area contributed by atoms with E-state index in [1.165, 1.54) is 24.3 Å². The molecule has 0 aliphatic rings. The van der Waals surface area contributed by atoms with Crippen molar-refractivity contribution in [2.45, 2.75) is 13.3 Å². The van der Waals surface area contributed by atoms with Gasteiger partial charge in [0, 0.05) is 12.6 Å². The Bertz CT molecular complexity index is 854. The Hall–Kier alpha value is -3.49.